The summed E-state index contributed by atoms with van der Waals surface area (Å²) >= 11 is 6.40. The lowest BCUT2D eigenvalue weighted by molar-refractivity contribution is -0.111. The molecule has 224 valence electrons. The predicted molar refractivity (Wildman–Crippen MR) is 164 cm³/mol. The highest BCUT2D eigenvalue weighted by molar-refractivity contribution is 7.88. The van der Waals surface area contributed by atoms with E-state index in [1.54, 1.807) is 13.2 Å². The fourth-order valence-electron chi connectivity index (χ4n) is 5.21. The van der Waals surface area contributed by atoms with Gasteiger partial charge in [-0.1, -0.05) is 18.2 Å². The fraction of sp³-hybridized carbons (Fsp3) is 0.519. The number of anilines is 5. The molecule has 2 aromatic rings. The lowest BCUT2D eigenvalue weighted by atomic mass is 10.0. The molecule has 0 spiro atoms. The van der Waals surface area contributed by atoms with Crippen LogP contribution >= 0.6 is 11.6 Å². The van der Waals surface area contributed by atoms with E-state index in [2.05, 4.69) is 56.4 Å². The molecule has 0 bridgehead atoms. The zero-order valence-corrected chi connectivity index (χ0v) is 25.6. The van der Waals surface area contributed by atoms with Crippen LogP contribution in [0.5, 0.6) is 5.75 Å². The SMILES string of the molecule is C=CC(=O)Nc1cc(Nc2ncc(Cl)c(NC3CCCN(S(C)(=O)=O)C3)n2)c(OC)cc1N1CCC(N(C)C)CC1. The molecule has 4 rings (SSSR count). The lowest BCUT2D eigenvalue weighted by Crippen LogP contribution is -2.44. The number of carbonyl (C=O) groups excluding carboxylic acids is 1. The minimum Gasteiger partial charge on any atom is -0.494 e. The van der Waals surface area contributed by atoms with Gasteiger partial charge in [0.25, 0.3) is 0 Å². The first kappa shape index (κ1) is 30.8. The number of amides is 1. The van der Waals surface area contributed by atoms with Crippen molar-refractivity contribution in [2.75, 3.05) is 74.5 Å². The highest BCUT2D eigenvalue weighted by atomic mass is 35.5. The van der Waals surface area contributed by atoms with Gasteiger partial charge in [0.05, 0.1) is 36.6 Å². The minimum atomic E-state index is -3.29. The number of sulfonamides is 1. The minimum absolute atomic E-state index is 0.148. The zero-order valence-electron chi connectivity index (χ0n) is 24.0. The Morgan fingerprint density at radius 2 is 1.93 bits per heavy atom. The Bertz CT molecular complexity index is 1370. The maximum absolute atomic E-state index is 12.3. The predicted octanol–water partition coefficient (Wildman–Crippen LogP) is 3.37. The first-order valence-corrected chi connectivity index (χ1v) is 15.8. The molecule has 1 unspecified atom stereocenters. The van der Waals surface area contributed by atoms with E-state index in [1.807, 2.05) is 6.07 Å². The van der Waals surface area contributed by atoms with Gasteiger partial charge < -0.3 is 30.5 Å². The third kappa shape index (κ3) is 7.79. The molecule has 2 aliphatic rings. The van der Waals surface area contributed by atoms with Crippen LogP contribution in [0.2, 0.25) is 5.02 Å². The summed E-state index contributed by atoms with van der Waals surface area (Å²) in [6, 6.07) is 4.05. The Labute approximate surface area is 247 Å². The van der Waals surface area contributed by atoms with E-state index in [1.165, 1.54) is 22.8 Å². The van der Waals surface area contributed by atoms with Crippen molar-refractivity contribution in [1.29, 1.82) is 0 Å². The quantitative estimate of drug-likeness (QED) is 0.346. The summed E-state index contributed by atoms with van der Waals surface area (Å²) in [5.41, 5.74) is 2.01. The van der Waals surface area contributed by atoms with Gasteiger partial charge >= 0.3 is 0 Å². The van der Waals surface area contributed by atoms with Crippen LogP contribution in [0.15, 0.2) is 31.0 Å². The van der Waals surface area contributed by atoms with E-state index in [0.29, 0.717) is 47.1 Å². The molecular formula is C27H39ClN8O4S. The molecule has 14 heteroatoms. The van der Waals surface area contributed by atoms with Crippen LogP contribution in [0.4, 0.5) is 28.8 Å². The number of benzene rings is 1. The van der Waals surface area contributed by atoms with Crippen LogP contribution < -0.4 is 25.6 Å². The summed E-state index contributed by atoms with van der Waals surface area (Å²) < 4.78 is 31.3. The summed E-state index contributed by atoms with van der Waals surface area (Å²) in [7, 11) is 2.48. The van der Waals surface area contributed by atoms with Gasteiger partial charge in [-0.25, -0.2) is 17.7 Å². The first-order chi connectivity index (χ1) is 19.5. The van der Waals surface area contributed by atoms with Gasteiger partial charge in [-0.2, -0.15) is 4.98 Å². The molecule has 0 aliphatic carbocycles. The highest BCUT2D eigenvalue weighted by Gasteiger charge is 2.27. The van der Waals surface area contributed by atoms with E-state index in [0.717, 1.165) is 44.5 Å². The molecule has 2 saturated heterocycles. The number of aromatic nitrogens is 2. The molecule has 2 fully saturated rings. The Morgan fingerprint density at radius 1 is 1.20 bits per heavy atom. The Kier molecular flexibility index (Phi) is 9.95. The van der Waals surface area contributed by atoms with Crippen LogP contribution in [0, 0.1) is 0 Å². The molecule has 0 radical (unpaired) electrons. The maximum Gasteiger partial charge on any atom is 0.247 e. The van der Waals surface area contributed by atoms with E-state index >= 15 is 0 Å². The number of piperidine rings is 2. The molecule has 0 saturated carbocycles. The molecule has 1 aromatic heterocycles. The van der Waals surface area contributed by atoms with E-state index in [9.17, 15) is 13.2 Å². The molecule has 12 nitrogen and oxygen atoms in total. The maximum atomic E-state index is 12.3. The van der Waals surface area contributed by atoms with Crippen LogP contribution in [0.25, 0.3) is 0 Å². The number of hydrogen-bond donors (Lipinski definition) is 3. The van der Waals surface area contributed by atoms with E-state index < -0.39 is 10.0 Å². The lowest BCUT2D eigenvalue weighted by Gasteiger charge is -2.37. The van der Waals surface area contributed by atoms with Crippen molar-refractivity contribution in [2.45, 2.75) is 37.8 Å². The first-order valence-electron chi connectivity index (χ1n) is 13.6. The second-order valence-corrected chi connectivity index (χ2v) is 13.0. The van der Waals surface area contributed by atoms with Crippen LogP contribution in [0.1, 0.15) is 25.7 Å². The van der Waals surface area contributed by atoms with Crippen molar-refractivity contribution in [3.63, 3.8) is 0 Å². The average molecular weight is 607 g/mol. The number of carbonyl (C=O) groups is 1. The molecule has 2 aliphatic heterocycles. The third-order valence-electron chi connectivity index (χ3n) is 7.48. The highest BCUT2D eigenvalue weighted by Crippen LogP contribution is 2.39. The standard InChI is InChI=1S/C27H39ClN8O4S/c1-6-25(37)31-21-14-22(24(40-4)15-23(21)35-12-9-19(10-13-35)34(2)3)32-27-29-16-20(28)26(33-27)30-18-8-7-11-36(17-18)41(5,38)39/h6,14-16,18-19H,1,7-13,17H2,2-5H3,(H,31,37)(H2,29,30,32,33). The van der Waals surface area contributed by atoms with Crippen molar-refractivity contribution in [1.82, 2.24) is 19.2 Å². The average Bonchev–Trinajstić information content (AvgIpc) is 2.94. The Morgan fingerprint density at radius 3 is 2.56 bits per heavy atom. The second-order valence-electron chi connectivity index (χ2n) is 10.6. The largest absolute Gasteiger partial charge is 0.494 e. The van der Waals surface area contributed by atoms with Crippen LogP contribution in [-0.4, -0.2) is 99.2 Å². The van der Waals surface area contributed by atoms with Crippen LogP contribution in [-0.2, 0) is 14.8 Å². The van der Waals surface area contributed by atoms with Gasteiger partial charge in [-0.3, -0.25) is 4.79 Å². The smallest absolute Gasteiger partial charge is 0.247 e. The van der Waals surface area contributed by atoms with Crippen LogP contribution in [0.3, 0.4) is 0 Å². The molecular weight excluding hydrogens is 568 g/mol. The number of nitrogens with zero attached hydrogens (tertiary/aromatic N) is 5. The van der Waals surface area contributed by atoms with Crippen molar-refractivity contribution >= 4 is 56.4 Å². The normalized spacial score (nSPS) is 18.7. The summed E-state index contributed by atoms with van der Waals surface area (Å²) in [6.07, 6.45) is 7.44. The number of halogens is 1. The van der Waals surface area contributed by atoms with Crippen molar-refractivity contribution in [2.24, 2.45) is 0 Å². The van der Waals surface area contributed by atoms with E-state index in [4.69, 9.17) is 16.3 Å². The number of rotatable bonds is 10. The topological polar surface area (TPSA) is 132 Å². The van der Waals surface area contributed by atoms with Gasteiger partial charge in [-0.05, 0) is 51.9 Å². The van der Waals surface area contributed by atoms with Gasteiger partial charge in [0.15, 0.2) is 5.82 Å². The summed E-state index contributed by atoms with van der Waals surface area (Å²) in [4.78, 5) is 25.7. The molecule has 1 aromatic carbocycles. The third-order valence-corrected chi connectivity index (χ3v) is 9.03. The molecule has 41 heavy (non-hydrogen) atoms. The summed E-state index contributed by atoms with van der Waals surface area (Å²) in [5, 5.41) is 9.71. The van der Waals surface area contributed by atoms with Crippen molar-refractivity contribution < 1.29 is 17.9 Å². The fourth-order valence-corrected chi connectivity index (χ4v) is 6.27. The monoisotopic (exact) mass is 606 g/mol. The molecule has 1 amide bonds. The van der Waals surface area contributed by atoms with Crippen molar-refractivity contribution in [3.05, 3.63) is 36.0 Å². The van der Waals surface area contributed by atoms with E-state index in [-0.39, 0.29) is 17.9 Å². The molecule has 3 N–H and O–H groups in total. The summed E-state index contributed by atoms with van der Waals surface area (Å²) in [6.45, 7) is 6.09. The van der Waals surface area contributed by atoms with Crippen molar-refractivity contribution in [3.8, 4) is 5.75 Å². The Balaban J connectivity index is 1.59. The number of hydrogen-bond acceptors (Lipinski definition) is 10. The van der Waals surface area contributed by atoms with Gasteiger partial charge in [0, 0.05) is 44.3 Å². The number of methoxy groups -OCH3 is 1. The summed E-state index contributed by atoms with van der Waals surface area (Å²) in [5.74, 6) is 0.876. The molecule has 3 heterocycles. The van der Waals surface area contributed by atoms with Gasteiger partial charge in [0.2, 0.25) is 21.9 Å². The zero-order chi connectivity index (χ0) is 29.7. The number of nitrogens with one attached hydrogen (secondary N) is 3. The number of ether oxygens (including phenoxy) is 1. The van der Waals surface area contributed by atoms with Gasteiger partial charge in [-0.15, -0.1) is 0 Å². The second kappa shape index (κ2) is 13.2. The Hall–Kier alpha value is -3.13. The molecule has 1 atom stereocenters. The van der Waals surface area contributed by atoms with Gasteiger partial charge in [0.1, 0.15) is 10.8 Å².